The highest BCUT2D eigenvalue weighted by Gasteiger charge is 2.25. The van der Waals surface area contributed by atoms with Crippen LogP contribution in [-0.2, 0) is 4.74 Å². The number of nitrogens with zero attached hydrogens (tertiary/aromatic N) is 3. The molecule has 0 aliphatic carbocycles. The minimum atomic E-state index is -0.786. The predicted octanol–water partition coefficient (Wildman–Crippen LogP) is 3.85. The van der Waals surface area contributed by atoms with Gasteiger partial charge in [-0.1, -0.05) is 11.3 Å². The van der Waals surface area contributed by atoms with Crippen molar-refractivity contribution in [2.24, 2.45) is 0 Å². The number of amides is 1. The second-order valence-corrected chi connectivity index (χ2v) is 7.06. The fourth-order valence-electron chi connectivity index (χ4n) is 2.68. The van der Waals surface area contributed by atoms with Crippen LogP contribution < -0.4 is 5.32 Å². The number of thiazole rings is 1. The second-order valence-electron chi connectivity index (χ2n) is 6.03. The van der Waals surface area contributed by atoms with Crippen molar-refractivity contribution in [3.8, 4) is 0 Å². The lowest BCUT2D eigenvalue weighted by molar-refractivity contribution is -0.395. The number of carbonyl (C=O) groups is 2. The Labute approximate surface area is 172 Å². The molecule has 0 atom stereocenters. The molecule has 0 bridgehead atoms. The molecule has 0 radical (unpaired) electrons. The molecule has 0 spiro atoms. The lowest BCUT2D eigenvalue weighted by Gasteiger charge is -2.04. The van der Waals surface area contributed by atoms with Gasteiger partial charge in [-0.25, -0.2) is 9.78 Å². The Balaban J connectivity index is 1.92. The van der Waals surface area contributed by atoms with Crippen molar-refractivity contribution in [2.75, 3.05) is 11.9 Å². The Morgan fingerprint density at radius 2 is 1.73 bits per heavy atom. The molecule has 0 aliphatic heterocycles. The van der Waals surface area contributed by atoms with Gasteiger partial charge in [-0.3, -0.25) is 30.3 Å². The molecular weight excluding hydrogens is 416 g/mol. The zero-order valence-corrected chi connectivity index (χ0v) is 16.5. The SMILES string of the molecule is CCOC(=O)c1ccc2nc(NC(=O)c3cc([N+](=O)[O-])c(C)c([N+](=O)[O-])c3)sc2c1. The summed E-state index contributed by atoms with van der Waals surface area (Å²) in [5.74, 6) is -1.27. The van der Waals surface area contributed by atoms with E-state index in [9.17, 15) is 29.8 Å². The first kappa shape index (κ1) is 20.8. The van der Waals surface area contributed by atoms with Gasteiger partial charge in [0.2, 0.25) is 0 Å². The Kier molecular flexibility index (Phi) is 5.69. The summed E-state index contributed by atoms with van der Waals surface area (Å²) in [4.78, 5) is 49.4. The lowest BCUT2D eigenvalue weighted by Crippen LogP contribution is -2.13. The highest BCUT2D eigenvalue weighted by molar-refractivity contribution is 7.22. The van der Waals surface area contributed by atoms with Crippen LogP contribution in [0.15, 0.2) is 30.3 Å². The molecule has 2 aromatic carbocycles. The number of nitro groups is 2. The fourth-order valence-corrected chi connectivity index (χ4v) is 3.58. The van der Waals surface area contributed by atoms with Crippen molar-refractivity contribution in [3.05, 3.63) is 67.3 Å². The monoisotopic (exact) mass is 430 g/mol. The van der Waals surface area contributed by atoms with Crippen LogP contribution in [0.25, 0.3) is 10.2 Å². The highest BCUT2D eigenvalue weighted by Crippen LogP contribution is 2.31. The molecule has 0 fully saturated rings. The van der Waals surface area contributed by atoms with Gasteiger partial charge in [0.25, 0.3) is 17.3 Å². The van der Waals surface area contributed by atoms with Crippen LogP contribution in [0.2, 0.25) is 0 Å². The summed E-state index contributed by atoms with van der Waals surface area (Å²) in [7, 11) is 0. The lowest BCUT2D eigenvalue weighted by atomic mass is 10.1. The Hall–Kier alpha value is -3.93. The molecule has 11 nitrogen and oxygen atoms in total. The first-order valence-electron chi connectivity index (χ1n) is 8.53. The molecule has 1 heterocycles. The highest BCUT2D eigenvalue weighted by atomic mass is 32.1. The van der Waals surface area contributed by atoms with Gasteiger partial charge in [-0.05, 0) is 32.0 Å². The Morgan fingerprint density at radius 3 is 2.30 bits per heavy atom. The van der Waals surface area contributed by atoms with E-state index in [1.807, 2.05) is 0 Å². The molecule has 0 unspecified atom stereocenters. The number of ether oxygens (including phenoxy) is 1. The standard InChI is InChI=1S/C18H14N4O7S/c1-3-29-17(24)10-4-5-12-15(8-10)30-18(19-12)20-16(23)11-6-13(21(25)26)9(2)14(7-11)22(27)28/h4-8H,3H2,1-2H3,(H,19,20,23). The number of aromatic nitrogens is 1. The summed E-state index contributed by atoms with van der Waals surface area (Å²) in [6, 6.07) is 6.66. The molecule has 1 N–H and O–H groups in total. The predicted molar refractivity (Wildman–Crippen MR) is 108 cm³/mol. The number of rotatable bonds is 6. The van der Waals surface area contributed by atoms with E-state index in [1.165, 1.54) is 6.92 Å². The number of hydrogen-bond acceptors (Lipinski definition) is 9. The number of carbonyl (C=O) groups excluding carboxylic acids is 2. The topological polar surface area (TPSA) is 155 Å². The van der Waals surface area contributed by atoms with Crippen LogP contribution in [0, 0.1) is 27.2 Å². The van der Waals surface area contributed by atoms with E-state index in [0.29, 0.717) is 15.8 Å². The van der Waals surface area contributed by atoms with Gasteiger partial charge in [0.1, 0.15) is 5.56 Å². The van der Waals surface area contributed by atoms with Crippen LogP contribution in [-0.4, -0.2) is 33.3 Å². The number of esters is 1. The van der Waals surface area contributed by atoms with Crippen molar-refractivity contribution < 1.29 is 24.2 Å². The Bertz CT molecular complexity index is 1170. The molecule has 1 aromatic heterocycles. The average Bonchev–Trinajstić information content (AvgIpc) is 3.09. The van der Waals surface area contributed by atoms with Gasteiger partial charge >= 0.3 is 5.97 Å². The first-order chi connectivity index (χ1) is 14.2. The number of anilines is 1. The largest absolute Gasteiger partial charge is 0.462 e. The van der Waals surface area contributed by atoms with Crippen LogP contribution in [0.5, 0.6) is 0 Å². The molecule has 3 aromatic rings. The molecule has 3 rings (SSSR count). The third kappa shape index (κ3) is 4.07. The van der Waals surface area contributed by atoms with Gasteiger partial charge in [0.05, 0.1) is 37.8 Å². The van der Waals surface area contributed by atoms with E-state index in [0.717, 1.165) is 23.5 Å². The van der Waals surface area contributed by atoms with E-state index in [4.69, 9.17) is 4.74 Å². The number of hydrogen-bond donors (Lipinski definition) is 1. The molecule has 30 heavy (non-hydrogen) atoms. The number of nitro benzene ring substituents is 2. The van der Waals surface area contributed by atoms with Crippen LogP contribution in [0.3, 0.4) is 0 Å². The Morgan fingerprint density at radius 1 is 1.10 bits per heavy atom. The molecule has 0 saturated heterocycles. The summed E-state index contributed by atoms with van der Waals surface area (Å²) in [5.41, 5.74) is -0.603. The van der Waals surface area contributed by atoms with E-state index < -0.39 is 33.1 Å². The number of benzene rings is 2. The molecule has 0 saturated carbocycles. The second kappa shape index (κ2) is 8.21. The van der Waals surface area contributed by atoms with Crippen LogP contribution in [0.1, 0.15) is 33.2 Å². The maximum Gasteiger partial charge on any atom is 0.338 e. The smallest absolute Gasteiger partial charge is 0.338 e. The van der Waals surface area contributed by atoms with Gasteiger partial charge < -0.3 is 4.74 Å². The summed E-state index contributed by atoms with van der Waals surface area (Å²) in [6.45, 7) is 3.17. The average molecular weight is 430 g/mol. The summed E-state index contributed by atoms with van der Waals surface area (Å²) in [5, 5.41) is 25.0. The molecule has 0 aliphatic rings. The quantitative estimate of drug-likeness (QED) is 0.351. The van der Waals surface area contributed by atoms with Gasteiger partial charge in [-0.15, -0.1) is 0 Å². The normalized spacial score (nSPS) is 10.6. The minimum absolute atomic E-state index is 0.145. The number of fused-ring (bicyclic) bond motifs is 1. The molecule has 12 heteroatoms. The van der Waals surface area contributed by atoms with E-state index in [2.05, 4.69) is 10.3 Å². The number of nitrogens with one attached hydrogen (secondary N) is 1. The van der Waals surface area contributed by atoms with E-state index in [1.54, 1.807) is 25.1 Å². The van der Waals surface area contributed by atoms with Gasteiger partial charge in [0, 0.05) is 12.1 Å². The maximum atomic E-state index is 12.5. The van der Waals surface area contributed by atoms with Crippen molar-refractivity contribution in [1.82, 2.24) is 4.98 Å². The maximum absolute atomic E-state index is 12.5. The third-order valence-corrected chi connectivity index (χ3v) is 5.06. The molecule has 1 amide bonds. The zero-order valence-electron chi connectivity index (χ0n) is 15.7. The van der Waals surface area contributed by atoms with Crippen molar-refractivity contribution >= 4 is 49.9 Å². The first-order valence-corrected chi connectivity index (χ1v) is 9.35. The van der Waals surface area contributed by atoms with Gasteiger partial charge in [0.15, 0.2) is 5.13 Å². The molecular formula is C18H14N4O7S. The van der Waals surface area contributed by atoms with Gasteiger partial charge in [-0.2, -0.15) is 0 Å². The van der Waals surface area contributed by atoms with Crippen molar-refractivity contribution in [3.63, 3.8) is 0 Å². The summed E-state index contributed by atoms with van der Waals surface area (Å²) in [6.07, 6.45) is 0. The zero-order chi connectivity index (χ0) is 22.0. The van der Waals surface area contributed by atoms with Crippen LogP contribution in [0.4, 0.5) is 16.5 Å². The minimum Gasteiger partial charge on any atom is -0.462 e. The third-order valence-electron chi connectivity index (χ3n) is 4.13. The fraction of sp³-hybridized carbons (Fsp3) is 0.167. The van der Waals surface area contributed by atoms with Crippen LogP contribution >= 0.6 is 11.3 Å². The van der Waals surface area contributed by atoms with E-state index in [-0.39, 0.29) is 22.9 Å². The molecule has 154 valence electrons. The van der Waals surface area contributed by atoms with Crippen molar-refractivity contribution in [2.45, 2.75) is 13.8 Å². The summed E-state index contributed by atoms with van der Waals surface area (Å²) >= 11 is 1.08. The van der Waals surface area contributed by atoms with E-state index >= 15 is 0 Å². The van der Waals surface area contributed by atoms with Crippen molar-refractivity contribution in [1.29, 1.82) is 0 Å². The summed E-state index contributed by atoms with van der Waals surface area (Å²) < 4.78 is 5.55.